The number of nitrogens with zero attached hydrogens (tertiary/aromatic N) is 4. The third-order valence-electron chi connectivity index (χ3n) is 4.20. The smallest absolute Gasteiger partial charge is 0.323 e. The Kier molecular flexibility index (Phi) is 4.74. The number of carbonyl (C=O) groups excluding carboxylic acids is 1. The van der Waals surface area contributed by atoms with Crippen LogP contribution in [0.5, 0.6) is 0 Å². The molecule has 2 aromatic carbocycles. The number of aliphatic carboxylic acids is 1. The fourth-order valence-corrected chi connectivity index (χ4v) is 3.81. The molecule has 4 aromatic rings. The molecule has 0 aliphatic carbocycles. The van der Waals surface area contributed by atoms with Crippen LogP contribution in [0.4, 0.5) is 5.69 Å². The lowest BCUT2D eigenvalue weighted by atomic mass is 10.2. The zero-order valence-electron chi connectivity index (χ0n) is 15.0. The van der Waals surface area contributed by atoms with Crippen LogP contribution in [0.1, 0.15) is 5.56 Å². The summed E-state index contributed by atoms with van der Waals surface area (Å²) in [6.07, 6.45) is 0. The van der Waals surface area contributed by atoms with E-state index in [4.69, 9.17) is 0 Å². The van der Waals surface area contributed by atoms with Crippen molar-refractivity contribution in [2.75, 3.05) is 11.1 Å². The predicted octanol–water partition coefficient (Wildman–Crippen LogP) is 2.81. The lowest BCUT2D eigenvalue weighted by molar-refractivity contribution is -0.137. The average molecular weight is 395 g/mol. The number of carboxylic acids is 1. The first-order valence-corrected chi connectivity index (χ1v) is 9.55. The highest BCUT2D eigenvalue weighted by molar-refractivity contribution is 7.99. The van der Waals surface area contributed by atoms with E-state index in [0.717, 1.165) is 22.3 Å². The minimum atomic E-state index is -0.960. The van der Waals surface area contributed by atoms with Crippen LogP contribution in [0.2, 0.25) is 0 Å². The van der Waals surface area contributed by atoms with E-state index in [1.54, 1.807) is 8.97 Å². The lowest BCUT2D eigenvalue weighted by Crippen LogP contribution is -2.14. The number of carbonyl (C=O) groups is 2. The number of hydrogen-bond acceptors (Lipinski definition) is 5. The molecule has 0 aliphatic heterocycles. The molecule has 0 fully saturated rings. The van der Waals surface area contributed by atoms with Crippen LogP contribution in [0.25, 0.3) is 16.8 Å². The Morgan fingerprint density at radius 3 is 2.64 bits per heavy atom. The zero-order chi connectivity index (χ0) is 19.7. The van der Waals surface area contributed by atoms with Gasteiger partial charge in [-0.3, -0.25) is 18.6 Å². The summed E-state index contributed by atoms with van der Waals surface area (Å²) in [6, 6.07) is 15.0. The molecule has 9 heteroatoms. The Morgan fingerprint density at radius 2 is 1.89 bits per heavy atom. The van der Waals surface area contributed by atoms with Crippen molar-refractivity contribution >= 4 is 46.1 Å². The molecule has 0 spiro atoms. The Labute approximate surface area is 164 Å². The summed E-state index contributed by atoms with van der Waals surface area (Å²) in [5, 5.41) is 20.9. The van der Waals surface area contributed by atoms with E-state index >= 15 is 0 Å². The van der Waals surface area contributed by atoms with Crippen LogP contribution in [0.15, 0.2) is 53.7 Å². The van der Waals surface area contributed by atoms with Gasteiger partial charge >= 0.3 is 5.97 Å². The van der Waals surface area contributed by atoms with Crippen LogP contribution in [0, 0.1) is 6.92 Å². The van der Waals surface area contributed by atoms with Gasteiger partial charge in [0.2, 0.25) is 11.7 Å². The molecule has 0 saturated carbocycles. The number of amides is 1. The van der Waals surface area contributed by atoms with E-state index in [0.29, 0.717) is 10.9 Å². The second kappa shape index (κ2) is 7.35. The molecule has 2 N–H and O–H groups in total. The summed E-state index contributed by atoms with van der Waals surface area (Å²) in [5.74, 6) is -0.516. The van der Waals surface area contributed by atoms with Crippen molar-refractivity contribution in [3.63, 3.8) is 0 Å². The monoisotopic (exact) mass is 395 g/mol. The molecular weight excluding hydrogens is 378 g/mol. The maximum absolute atomic E-state index is 12.3. The summed E-state index contributed by atoms with van der Waals surface area (Å²) >= 11 is 1.25. The summed E-state index contributed by atoms with van der Waals surface area (Å²) in [7, 11) is 0. The largest absolute Gasteiger partial charge is 0.480 e. The molecule has 4 rings (SSSR count). The van der Waals surface area contributed by atoms with E-state index in [2.05, 4.69) is 15.5 Å². The van der Waals surface area contributed by atoms with Crippen molar-refractivity contribution in [1.29, 1.82) is 0 Å². The molecule has 0 saturated heterocycles. The first kappa shape index (κ1) is 18.1. The quantitative estimate of drug-likeness (QED) is 0.487. The Morgan fingerprint density at radius 1 is 1.11 bits per heavy atom. The molecule has 0 bridgehead atoms. The SMILES string of the molecule is Cc1cccc(NC(=O)CSc2nnc3n(CC(=O)O)c4ccccc4n23)c1. The third kappa shape index (κ3) is 3.44. The maximum atomic E-state index is 12.3. The Bertz CT molecular complexity index is 1200. The number of aromatic nitrogens is 4. The van der Waals surface area contributed by atoms with E-state index < -0.39 is 5.97 Å². The molecule has 0 aliphatic rings. The standard InChI is InChI=1S/C19H17N5O3S/c1-12-5-4-6-13(9-12)20-16(25)11-28-19-22-21-18-23(10-17(26)27)14-7-2-3-8-15(14)24(18)19/h2-9H,10-11H2,1H3,(H,20,25)(H,26,27). The van der Waals surface area contributed by atoms with Gasteiger partial charge in [0.05, 0.1) is 16.8 Å². The number of nitrogens with one attached hydrogen (secondary N) is 1. The fourth-order valence-electron chi connectivity index (χ4n) is 3.07. The Balaban J connectivity index is 1.59. The zero-order valence-corrected chi connectivity index (χ0v) is 15.8. The van der Waals surface area contributed by atoms with Crippen molar-refractivity contribution < 1.29 is 14.7 Å². The number of fused-ring (bicyclic) bond motifs is 3. The van der Waals surface area contributed by atoms with Gasteiger partial charge < -0.3 is 10.4 Å². The maximum Gasteiger partial charge on any atom is 0.323 e. The topological polar surface area (TPSA) is 102 Å². The van der Waals surface area contributed by atoms with Gasteiger partial charge in [0.25, 0.3) is 0 Å². The first-order chi connectivity index (χ1) is 13.5. The van der Waals surface area contributed by atoms with Gasteiger partial charge in [-0.1, -0.05) is 36.0 Å². The van der Waals surface area contributed by atoms with Gasteiger partial charge in [-0.2, -0.15) is 0 Å². The van der Waals surface area contributed by atoms with Gasteiger partial charge in [-0.15, -0.1) is 10.2 Å². The highest BCUT2D eigenvalue weighted by Crippen LogP contribution is 2.26. The van der Waals surface area contributed by atoms with Gasteiger partial charge in [0, 0.05) is 5.69 Å². The second-order valence-electron chi connectivity index (χ2n) is 6.29. The number of anilines is 1. The Hall–Kier alpha value is -3.33. The van der Waals surface area contributed by atoms with Crippen molar-refractivity contribution in [3.05, 3.63) is 54.1 Å². The van der Waals surface area contributed by atoms with Crippen molar-refractivity contribution in [1.82, 2.24) is 19.2 Å². The van der Waals surface area contributed by atoms with E-state index in [-0.39, 0.29) is 18.2 Å². The number of benzene rings is 2. The van der Waals surface area contributed by atoms with Crippen LogP contribution >= 0.6 is 11.8 Å². The average Bonchev–Trinajstić information content (AvgIpc) is 3.20. The molecule has 28 heavy (non-hydrogen) atoms. The number of rotatable bonds is 6. The molecule has 0 unspecified atom stereocenters. The number of imidazole rings is 1. The third-order valence-corrected chi connectivity index (χ3v) is 5.13. The number of aryl methyl sites for hydroxylation is 1. The van der Waals surface area contributed by atoms with E-state index in [1.807, 2.05) is 55.5 Å². The van der Waals surface area contributed by atoms with Gasteiger partial charge in [-0.25, -0.2) is 0 Å². The first-order valence-electron chi connectivity index (χ1n) is 8.56. The summed E-state index contributed by atoms with van der Waals surface area (Å²) in [5.41, 5.74) is 3.36. The van der Waals surface area contributed by atoms with Crippen LogP contribution in [-0.2, 0) is 16.1 Å². The molecule has 0 atom stereocenters. The summed E-state index contributed by atoms with van der Waals surface area (Å²) in [4.78, 5) is 23.5. The number of thioether (sulfide) groups is 1. The minimum absolute atomic E-state index is 0.151. The molecule has 142 valence electrons. The lowest BCUT2D eigenvalue weighted by Gasteiger charge is -2.05. The summed E-state index contributed by atoms with van der Waals surface area (Å²) < 4.78 is 3.38. The molecule has 0 radical (unpaired) electrons. The van der Waals surface area contributed by atoms with Crippen LogP contribution in [-0.4, -0.2) is 41.9 Å². The molecule has 1 amide bonds. The minimum Gasteiger partial charge on any atom is -0.480 e. The van der Waals surface area contributed by atoms with Crippen LogP contribution < -0.4 is 5.32 Å². The van der Waals surface area contributed by atoms with Crippen molar-refractivity contribution in [3.8, 4) is 0 Å². The summed E-state index contributed by atoms with van der Waals surface area (Å²) in [6.45, 7) is 1.75. The fraction of sp³-hybridized carbons (Fsp3) is 0.158. The molecular formula is C19H17N5O3S. The van der Waals surface area contributed by atoms with E-state index in [1.165, 1.54) is 11.8 Å². The van der Waals surface area contributed by atoms with Gasteiger partial charge in [0.15, 0.2) is 5.16 Å². The molecule has 2 heterocycles. The highest BCUT2D eigenvalue weighted by Gasteiger charge is 2.19. The highest BCUT2D eigenvalue weighted by atomic mass is 32.2. The predicted molar refractivity (Wildman–Crippen MR) is 107 cm³/mol. The van der Waals surface area contributed by atoms with E-state index in [9.17, 15) is 14.7 Å². The molecule has 8 nitrogen and oxygen atoms in total. The molecule has 2 aromatic heterocycles. The number of para-hydroxylation sites is 2. The van der Waals surface area contributed by atoms with Gasteiger partial charge in [-0.05, 0) is 36.8 Å². The number of carboxylic acid groups (broad SMARTS) is 1. The second-order valence-corrected chi connectivity index (χ2v) is 7.24. The van der Waals surface area contributed by atoms with Crippen molar-refractivity contribution in [2.45, 2.75) is 18.6 Å². The van der Waals surface area contributed by atoms with Crippen LogP contribution in [0.3, 0.4) is 0 Å². The van der Waals surface area contributed by atoms with Crippen molar-refractivity contribution in [2.24, 2.45) is 0 Å². The van der Waals surface area contributed by atoms with Gasteiger partial charge in [0.1, 0.15) is 6.54 Å². The number of hydrogen-bond donors (Lipinski definition) is 2. The normalized spacial score (nSPS) is 11.2.